The zero-order valence-corrected chi connectivity index (χ0v) is 12.9. The SMILES string of the molecule is Br.C1=CC2(c3ccc(-c4ccoc4)nc3)CCN(C1)C2. The van der Waals surface area contributed by atoms with Gasteiger partial charge in [0.2, 0.25) is 0 Å². The van der Waals surface area contributed by atoms with E-state index in [-0.39, 0.29) is 22.4 Å². The molecule has 2 atom stereocenters. The molecule has 0 aromatic carbocycles. The normalized spacial score (nSPS) is 27.3. The minimum absolute atomic E-state index is 0. The summed E-state index contributed by atoms with van der Waals surface area (Å²) in [4.78, 5) is 7.10. The van der Waals surface area contributed by atoms with Crippen LogP contribution in [0.4, 0.5) is 0 Å². The molecule has 3 nitrogen and oxygen atoms in total. The third kappa shape index (κ3) is 2.13. The molecule has 2 aromatic rings. The molecule has 2 bridgehead atoms. The minimum atomic E-state index is 0. The molecule has 0 aliphatic carbocycles. The summed E-state index contributed by atoms with van der Waals surface area (Å²) < 4.78 is 5.11. The Balaban J connectivity index is 0.00000121. The van der Waals surface area contributed by atoms with E-state index < -0.39 is 0 Å². The zero-order chi connectivity index (χ0) is 12.7. The number of rotatable bonds is 2. The lowest BCUT2D eigenvalue weighted by atomic mass is 9.79. The van der Waals surface area contributed by atoms with E-state index in [1.165, 1.54) is 18.5 Å². The Hall–Kier alpha value is -1.39. The predicted octanol–water partition coefficient (Wildman–Crippen LogP) is 3.43. The van der Waals surface area contributed by atoms with Gasteiger partial charge in [0, 0.05) is 30.3 Å². The second-order valence-corrected chi connectivity index (χ2v) is 5.49. The van der Waals surface area contributed by atoms with Crippen molar-refractivity contribution < 1.29 is 4.42 Å². The summed E-state index contributed by atoms with van der Waals surface area (Å²) in [6.07, 6.45) is 11.3. The van der Waals surface area contributed by atoms with Crippen LogP contribution in [0.3, 0.4) is 0 Å². The maximum atomic E-state index is 5.11. The molecule has 2 aromatic heterocycles. The molecule has 4 rings (SSSR count). The first-order valence-electron chi connectivity index (χ1n) is 6.75. The van der Waals surface area contributed by atoms with Crippen LogP contribution in [-0.4, -0.2) is 29.5 Å². The predicted molar refractivity (Wildman–Crippen MR) is 84.1 cm³/mol. The average molecular weight is 333 g/mol. The fourth-order valence-corrected chi connectivity index (χ4v) is 3.24. The molecule has 0 N–H and O–H groups in total. The van der Waals surface area contributed by atoms with E-state index in [4.69, 9.17) is 4.42 Å². The van der Waals surface area contributed by atoms with E-state index in [1.54, 1.807) is 12.5 Å². The molecule has 0 amide bonds. The van der Waals surface area contributed by atoms with Crippen molar-refractivity contribution in [1.82, 2.24) is 9.88 Å². The highest BCUT2D eigenvalue weighted by molar-refractivity contribution is 8.93. The van der Waals surface area contributed by atoms with Crippen LogP contribution in [0.25, 0.3) is 11.3 Å². The lowest BCUT2D eigenvalue weighted by Crippen LogP contribution is -2.33. The maximum Gasteiger partial charge on any atom is 0.0996 e. The van der Waals surface area contributed by atoms with Gasteiger partial charge in [-0.15, -0.1) is 17.0 Å². The number of pyridine rings is 1. The molecule has 0 saturated carbocycles. The number of nitrogens with zero attached hydrogens (tertiary/aromatic N) is 2. The molecule has 2 aliphatic heterocycles. The average Bonchev–Trinajstić information content (AvgIpc) is 3.09. The van der Waals surface area contributed by atoms with Gasteiger partial charge in [0.05, 0.1) is 18.2 Å². The van der Waals surface area contributed by atoms with Crippen LogP contribution < -0.4 is 0 Å². The third-order valence-corrected chi connectivity index (χ3v) is 4.34. The Morgan fingerprint density at radius 2 is 2.20 bits per heavy atom. The van der Waals surface area contributed by atoms with E-state index in [1.807, 2.05) is 12.3 Å². The molecule has 2 unspecified atom stereocenters. The van der Waals surface area contributed by atoms with Crippen molar-refractivity contribution in [3.8, 4) is 11.3 Å². The smallest absolute Gasteiger partial charge is 0.0996 e. The van der Waals surface area contributed by atoms with Crippen molar-refractivity contribution >= 4 is 17.0 Å². The summed E-state index contributed by atoms with van der Waals surface area (Å²) in [6, 6.07) is 6.26. The van der Waals surface area contributed by atoms with E-state index in [2.05, 4.69) is 34.2 Å². The van der Waals surface area contributed by atoms with Gasteiger partial charge in [0.25, 0.3) is 0 Å². The summed E-state index contributed by atoms with van der Waals surface area (Å²) in [5, 5.41) is 0. The Bertz CT molecular complexity index is 606. The van der Waals surface area contributed by atoms with E-state index in [0.717, 1.165) is 24.3 Å². The van der Waals surface area contributed by atoms with Crippen molar-refractivity contribution in [3.63, 3.8) is 0 Å². The van der Waals surface area contributed by atoms with Gasteiger partial charge in [-0.05, 0) is 30.7 Å². The molecule has 20 heavy (non-hydrogen) atoms. The lowest BCUT2D eigenvalue weighted by Gasteiger charge is -2.29. The summed E-state index contributed by atoms with van der Waals surface area (Å²) in [5.74, 6) is 0. The van der Waals surface area contributed by atoms with Crippen molar-refractivity contribution in [2.24, 2.45) is 0 Å². The van der Waals surface area contributed by atoms with Crippen molar-refractivity contribution in [1.29, 1.82) is 0 Å². The van der Waals surface area contributed by atoms with Gasteiger partial charge in [0.1, 0.15) is 0 Å². The fraction of sp³-hybridized carbons (Fsp3) is 0.312. The Kier molecular flexibility index (Phi) is 3.52. The minimum Gasteiger partial charge on any atom is -0.472 e. The summed E-state index contributed by atoms with van der Waals surface area (Å²) in [5.41, 5.74) is 3.54. The number of fused-ring (bicyclic) bond motifs is 2. The van der Waals surface area contributed by atoms with Gasteiger partial charge in [-0.2, -0.15) is 0 Å². The summed E-state index contributed by atoms with van der Waals surface area (Å²) >= 11 is 0. The fourth-order valence-electron chi connectivity index (χ4n) is 3.24. The van der Waals surface area contributed by atoms with Crippen LogP contribution in [-0.2, 0) is 5.41 Å². The van der Waals surface area contributed by atoms with Gasteiger partial charge in [0.15, 0.2) is 0 Å². The van der Waals surface area contributed by atoms with E-state index in [9.17, 15) is 0 Å². The molecule has 1 saturated heterocycles. The first-order valence-corrected chi connectivity index (χ1v) is 6.75. The van der Waals surface area contributed by atoms with Crippen LogP contribution in [0.15, 0.2) is 53.5 Å². The summed E-state index contributed by atoms with van der Waals surface area (Å²) in [6.45, 7) is 3.43. The molecule has 0 spiro atoms. The maximum absolute atomic E-state index is 5.11. The van der Waals surface area contributed by atoms with Gasteiger partial charge < -0.3 is 4.42 Å². The topological polar surface area (TPSA) is 29.3 Å². The van der Waals surface area contributed by atoms with Crippen molar-refractivity contribution in [2.45, 2.75) is 11.8 Å². The monoisotopic (exact) mass is 332 g/mol. The van der Waals surface area contributed by atoms with Gasteiger partial charge >= 0.3 is 0 Å². The Morgan fingerprint density at radius 1 is 1.25 bits per heavy atom. The molecular formula is C16H17BrN2O. The highest BCUT2D eigenvalue weighted by Crippen LogP contribution is 2.38. The van der Waals surface area contributed by atoms with Crippen LogP contribution in [0.1, 0.15) is 12.0 Å². The highest BCUT2D eigenvalue weighted by atomic mass is 79.9. The third-order valence-electron chi connectivity index (χ3n) is 4.34. The van der Waals surface area contributed by atoms with Gasteiger partial charge in [-0.3, -0.25) is 9.88 Å². The first-order chi connectivity index (χ1) is 9.36. The van der Waals surface area contributed by atoms with Crippen molar-refractivity contribution in [2.75, 3.05) is 19.6 Å². The number of hydrogen-bond donors (Lipinski definition) is 0. The standard InChI is InChI=1S/C16H16N2O.BrH/c1-5-16(6-8-18(7-1)12-16)14-2-3-15(17-10-14)13-4-9-19-11-13;/h1-5,9-11H,6-8,12H2;1H. The largest absolute Gasteiger partial charge is 0.472 e. The number of furan rings is 1. The number of aromatic nitrogens is 1. The molecule has 0 radical (unpaired) electrons. The van der Waals surface area contributed by atoms with Crippen LogP contribution in [0, 0.1) is 0 Å². The molecular weight excluding hydrogens is 316 g/mol. The van der Waals surface area contributed by atoms with Gasteiger partial charge in [-0.1, -0.05) is 18.2 Å². The molecule has 1 fully saturated rings. The second-order valence-electron chi connectivity index (χ2n) is 5.49. The molecule has 104 valence electrons. The molecule has 4 heteroatoms. The second kappa shape index (κ2) is 5.19. The Labute approximate surface area is 129 Å². The number of hydrogen-bond acceptors (Lipinski definition) is 3. The van der Waals surface area contributed by atoms with Crippen LogP contribution in [0.5, 0.6) is 0 Å². The van der Waals surface area contributed by atoms with Crippen molar-refractivity contribution in [3.05, 3.63) is 54.6 Å². The van der Waals surface area contributed by atoms with E-state index in [0.29, 0.717) is 0 Å². The van der Waals surface area contributed by atoms with Crippen LogP contribution in [0.2, 0.25) is 0 Å². The first kappa shape index (κ1) is 13.6. The quantitative estimate of drug-likeness (QED) is 0.789. The summed E-state index contributed by atoms with van der Waals surface area (Å²) in [7, 11) is 0. The zero-order valence-electron chi connectivity index (χ0n) is 11.2. The highest BCUT2D eigenvalue weighted by Gasteiger charge is 2.39. The molecule has 2 aliphatic rings. The van der Waals surface area contributed by atoms with Crippen LogP contribution >= 0.6 is 17.0 Å². The Morgan fingerprint density at radius 3 is 2.95 bits per heavy atom. The number of halogens is 1. The van der Waals surface area contributed by atoms with E-state index >= 15 is 0 Å². The lowest BCUT2D eigenvalue weighted by molar-refractivity contribution is 0.345. The van der Waals surface area contributed by atoms with Gasteiger partial charge in [-0.25, -0.2) is 0 Å². The molecule has 4 heterocycles.